The van der Waals surface area contributed by atoms with Crippen molar-refractivity contribution in [3.8, 4) is 0 Å². The smallest absolute Gasteiger partial charge is 0.392 e. The third-order valence-electron chi connectivity index (χ3n) is 8.90. The number of ketones is 1. The molecule has 3 aliphatic rings. The summed E-state index contributed by atoms with van der Waals surface area (Å²) in [7, 11) is 0. The molecule has 0 spiro atoms. The summed E-state index contributed by atoms with van der Waals surface area (Å²) in [6.07, 6.45) is 6.23. The summed E-state index contributed by atoms with van der Waals surface area (Å²) >= 11 is 0. The number of aliphatic hydroxyl groups excluding tert-OH is 1. The van der Waals surface area contributed by atoms with E-state index in [4.69, 9.17) is 4.90 Å². The van der Waals surface area contributed by atoms with Crippen LogP contribution >= 0.6 is 0 Å². The molecular formula is C34H36B2N4O2. The van der Waals surface area contributed by atoms with Crippen molar-refractivity contribution >= 4 is 69.5 Å². The van der Waals surface area contributed by atoms with Crippen molar-refractivity contribution in [2.75, 3.05) is 15.7 Å². The summed E-state index contributed by atoms with van der Waals surface area (Å²) in [6, 6.07) is 16.7. The van der Waals surface area contributed by atoms with Crippen molar-refractivity contribution < 1.29 is 9.90 Å². The number of hydrogen-bond donors (Lipinski definition) is 4. The van der Waals surface area contributed by atoms with Crippen LogP contribution in [0, 0.1) is 13.8 Å². The van der Waals surface area contributed by atoms with Gasteiger partial charge in [-0.2, -0.15) is 0 Å². The van der Waals surface area contributed by atoms with Crippen LogP contribution in [0.3, 0.4) is 0 Å². The van der Waals surface area contributed by atoms with Crippen LogP contribution < -0.4 is 26.3 Å². The molecule has 0 saturated carbocycles. The first kappa shape index (κ1) is 26.7. The number of allylic oxidation sites excluding steroid dienone is 2. The number of rotatable bonds is 7. The van der Waals surface area contributed by atoms with E-state index in [0.29, 0.717) is 11.1 Å². The van der Waals surface area contributed by atoms with Gasteiger partial charge in [-0.05, 0) is 60.5 Å². The second kappa shape index (κ2) is 10.3. The Bertz CT molecular complexity index is 1970. The van der Waals surface area contributed by atoms with Crippen molar-refractivity contribution in [3.63, 3.8) is 0 Å². The van der Waals surface area contributed by atoms with Crippen LogP contribution in [0.1, 0.15) is 56.2 Å². The Morgan fingerprint density at radius 2 is 1.50 bits per heavy atom. The molecule has 0 amide bonds. The molecule has 4 aromatic rings. The van der Waals surface area contributed by atoms with Gasteiger partial charge < -0.3 is 25.7 Å². The quantitative estimate of drug-likeness (QED) is 0.190. The Morgan fingerprint density at radius 1 is 0.786 bits per heavy atom. The van der Waals surface area contributed by atoms with Crippen LogP contribution in [0.2, 0.25) is 12.6 Å². The number of anilines is 3. The molecule has 8 heteroatoms. The van der Waals surface area contributed by atoms with E-state index in [1.54, 1.807) is 0 Å². The number of carbonyl (C=O) groups is 1. The van der Waals surface area contributed by atoms with Crippen molar-refractivity contribution in [1.29, 1.82) is 0 Å². The minimum absolute atomic E-state index is 0.0600. The number of benzene rings is 4. The number of carbonyl (C=O) groups excluding carboxylic acids is 1. The van der Waals surface area contributed by atoms with Crippen molar-refractivity contribution in [1.82, 2.24) is 0 Å². The summed E-state index contributed by atoms with van der Waals surface area (Å²) in [5, 5.41) is 28.6. The van der Waals surface area contributed by atoms with E-state index >= 15 is 0 Å². The molecule has 0 bridgehead atoms. The third-order valence-corrected chi connectivity index (χ3v) is 8.90. The number of unbranched alkanes of at least 4 members (excludes halogenated alkanes) is 2. The van der Waals surface area contributed by atoms with Crippen molar-refractivity contribution in [2.45, 2.75) is 66.0 Å². The minimum Gasteiger partial charge on any atom is -0.506 e. The van der Waals surface area contributed by atoms with E-state index in [9.17, 15) is 9.90 Å². The molecule has 210 valence electrons. The highest BCUT2D eigenvalue weighted by molar-refractivity contribution is 6.68. The average molecular weight is 554 g/mol. The number of aliphatic hydroxyl groups is 1. The first-order chi connectivity index (χ1) is 20.4. The van der Waals surface area contributed by atoms with Crippen LogP contribution in [0.25, 0.3) is 32.7 Å². The lowest BCUT2D eigenvalue weighted by molar-refractivity contribution is -0.109. The minimum atomic E-state index is -0.124. The van der Waals surface area contributed by atoms with Gasteiger partial charge in [-0.15, -0.1) is 0 Å². The Hall–Kier alpha value is -4.19. The lowest BCUT2D eigenvalue weighted by atomic mass is 9.67. The molecule has 0 radical (unpaired) electrons. The third kappa shape index (κ3) is 4.19. The maximum Gasteiger partial charge on any atom is 0.392 e. The molecule has 0 unspecified atom stereocenters. The number of aryl methyl sites for hydroxylation is 2. The van der Waals surface area contributed by atoms with Crippen LogP contribution in [0.5, 0.6) is 0 Å². The van der Waals surface area contributed by atoms with Gasteiger partial charge in [-0.1, -0.05) is 75.9 Å². The van der Waals surface area contributed by atoms with Gasteiger partial charge in [-0.25, -0.2) is 0 Å². The number of Topliss-reactive ketones (excluding diaryl/α,β-unsaturated/α-hetero) is 1. The molecule has 7 rings (SSSR count). The van der Waals surface area contributed by atoms with E-state index in [2.05, 4.69) is 73.7 Å². The fourth-order valence-corrected chi connectivity index (χ4v) is 6.89. The Balaban J connectivity index is 1.41. The van der Waals surface area contributed by atoms with Gasteiger partial charge in [0.2, 0.25) is 5.78 Å². The van der Waals surface area contributed by atoms with Gasteiger partial charge in [0.15, 0.2) is 0 Å². The maximum atomic E-state index is 14.1. The van der Waals surface area contributed by atoms with E-state index in [1.165, 1.54) is 5.56 Å². The van der Waals surface area contributed by atoms with Gasteiger partial charge in [0.05, 0.1) is 16.5 Å². The molecule has 1 aliphatic carbocycles. The van der Waals surface area contributed by atoms with Crippen LogP contribution in [0.4, 0.5) is 17.1 Å². The molecule has 6 nitrogen and oxygen atoms in total. The lowest BCUT2D eigenvalue weighted by Gasteiger charge is -2.31. The number of nitrogens with zero attached hydrogens (tertiary/aromatic N) is 1. The monoisotopic (exact) mass is 554 g/mol. The summed E-state index contributed by atoms with van der Waals surface area (Å²) in [5.74, 6) is -0.0609. The predicted octanol–water partition coefficient (Wildman–Crippen LogP) is 6.77. The molecule has 4 N–H and O–H groups in total. The van der Waals surface area contributed by atoms with Crippen LogP contribution in [0.15, 0.2) is 59.2 Å². The predicted molar refractivity (Wildman–Crippen MR) is 178 cm³/mol. The molecule has 2 heterocycles. The second-order valence-electron chi connectivity index (χ2n) is 12.1. The van der Waals surface area contributed by atoms with Gasteiger partial charge in [0.25, 0.3) is 0 Å². The van der Waals surface area contributed by atoms with Gasteiger partial charge in [0, 0.05) is 38.6 Å². The Morgan fingerprint density at radius 3 is 2.26 bits per heavy atom. The fraction of sp³-hybridized carbons (Fsp3) is 0.294. The highest BCUT2D eigenvalue weighted by Crippen LogP contribution is 2.46. The van der Waals surface area contributed by atoms with Gasteiger partial charge in [0.1, 0.15) is 5.76 Å². The zero-order valence-corrected chi connectivity index (χ0v) is 24.8. The largest absolute Gasteiger partial charge is 0.506 e. The van der Waals surface area contributed by atoms with Crippen molar-refractivity contribution in [3.05, 3.63) is 81.6 Å². The molecular weight excluding hydrogens is 518 g/mol. The second-order valence-corrected chi connectivity index (χ2v) is 12.1. The summed E-state index contributed by atoms with van der Waals surface area (Å²) in [4.78, 5) is 19.1. The molecule has 0 aromatic heterocycles. The molecule has 0 fully saturated rings. The fourth-order valence-electron chi connectivity index (χ4n) is 6.89. The molecule has 42 heavy (non-hydrogen) atoms. The molecule has 0 atom stereocenters. The van der Waals surface area contributed by atoms with Crippen molar-refractivity contribution in [2.24, 2.45) is 4.90 Å². The van der Waals surface area contributed by atoms with E-state index in [0.717, 1.165) is 98.6 Å². The number of nitrogens with one attached hydrogen (secondary N) is 3. The molecule has 0 saturated heterocycles. The topological polar surface area (TPSA) is 85.8 Å². The normalized spacial score (nSPS) is 16.7. The van der Waals surface area contributed by atoms with Crippen LogP contribution in [-0.4, -0.2) is 24.9 Å². The standard InChI is InChI=1S/C34H36B2N4O2/c1-5-7-13-35-37-25-17-19(3)15-21-9-11-23(31(39-35)27(21)25)29-33(41)30(34(29)42)24-12-10-22-16-20(4)18-26-28(22)32(24)40-36(38-26)14-8-6-2/h9-12,15-18,37,39-41H,5-8,13-14H2,1-4H3/b30-24+. The van der Waals surface area contributed by atoms with E-state index in [1.807, 2.05) is 18.2 Å². The highest BCUT2D eigenvalue weighted by atomic mass is 16.3. The Labute approximate surface area is 247 Å². The van der Waals surface area contributed by atoms with E-state index < -0.39 is 0 Å². The Kier molecular flexibility index (Phi) is 6.52. The summed E-state index contributed by atoms with van der Waals surface area (Å²) in [5.41, 5.74) is 6.77. The highest BCUT2D eigenvalue weighted by Gasteiger charge is 2.39. The molecule has 4 aromatic carbocycles. The van der Waals surface area contributed by atoms with E-state index in [-0.39, 0.29) is 25.5 Å². The lowest BCUT2D eigenvalue weighted by Crippen LogP contribution is -2.38. The zero-order chi connectivity index (χ0) is 29.1. The maximum absolute atomic E-state index is 14.1. The molecule has 2 aliphatic heterocycles. The first-order valence-corrected chi connectivity index (χ1v) is 15.4. The van der Waals surface area contributed by atoms with Gasteiger partial charge in [-0.3, -0.25) is 4.79 Å². The summed E-state index contributed by atoms with van der Waals surface area (Å²) in [6.45, 7) is 8.57. The zero-order valence-electron chi connectivity index (χ0n) is 24.8. The number of hydrogen-bond acceptors (Lipinski definition) is 6. The summed E-state index contributed by atoms with van der Waals surface area (Å²) < 4.78 is 0. The van der Waals surface area contributed by atoms with Crippen LogP contribution in [-0.2, 0) is 4.79 Å². The SMILES string of the molecule is CCCCB1N=c2cc(C)cc3cc/c(=C4\C(=O)C(c5ccc6cc(C)cc7c6c5NB(CCCC)N7)=C4O)c(c23)N1. The average Bonchev–Trinajstić information content (AvgIpc) is 2.97. The van der Waals surface area contributed by atoms with Gasteiger partial charge >= 0.3 is 14.0 Å². The first-order valence-electron chi connectivity index (χ1n) is 15.4.